The van der Waals surface area contributed by atoms with Crippen molar-refractivity contribution in [3.8, 4) is 48.4 Å². The van der Waals surface area contributed by atoms with E-state index in [1.807, 2.05) is 38.1 Å². The summed E-state index contributed by atoms with van der Waals surface area (Å²) >= 11 is 0. The molecule has 1 aliphatic carbocycles. The Hall–Kier alpha value is -3.91. The molecule has 140 valence electrons. The molecule has 0 aromatic heterocycles. The second-order valence-corrected chi connectivity index (χ2v) is 5.92. The average Bonchev–Trinajstić information content (AvgIpc) is 2.79. The van der Waals surface area contributed by atoms with Crippen LogP contribution in [0.3, 0.4) is 0 Å². The third-order valence-electron chi connectivity index (χ3n) is 4.08. The molecule has 1 aliphatic rings. The number of rotatable bonds is 0. The van der Waals surface area contributed by atoms with E-state index in [0.29, 0.717) is 11.1 Å². The summed E-state index contributed by atoms with van der Waals surface area (Å²) in [4.78, 5) is 0. The zero-order valence-electron chi connectivity index (χ0n) is 16.6. The summed E-state index contributed by atoms with van der Waals surface area (Å²) in [6.07, 6.45) is 16.1. The number of terminal acetylenes is 2. The molecule has 0 N–H and O–H groups in total. The molecule has 0 unspecified atom stereocenters. The van der Waals surface area contributed by atoms with Gasteiger partial charge in [0.1, 0.15) is 0 Å². The lowest BCUT2D eigenvalue weighted by atomic mass is 9.99. The monoisotopic (exact) mass is 376 g/mol. The largest absolute Gasteiger partial charge is 0.204 e. The van der Waals surface area contributed by atoms with Gasteiger partial charge in [-0.1, -0.05) is 55.4 Å². The van der Waals surface area contributed by atoms with Gasteiger partial charge in [0.2, 0.25) is 0 Å². The molecule has 0 aliphatic heterocycles. The van der Waals surface area contributed by atoms with Crippen molar-refractivity contribution in [2.24, 2.45) is 0 Å². The Morgan fingerprint density at radius 3 is 1.79 bits per heavy atom. The van der Waals surface area contributed by atoms with Gasteiger partial charge in [0.05, 0.1) is 11.1 Å². The SMILES string of the molecule is C#CC1=CC=C(C#Cc2cccc(C#Cc3ccc(C#C)cc3)c2F)CC1.CC. The molecule has 0 spiro atoms. The van der Waals surface area contributed by atoms with E-state index < -0.39 is 5.82 Å². The van der Waals surface area contributed by atoms with Crippen LogP contribution < -0.4 is 0 Å². The van der Waals surface area contributed by atoms with Crippen LogP contribution in [0.2, 0.25) is 0 Å². The summed E-state index contributed by atoms with van der Waals surface area (Å²) in [5.74, 6) is 16.5. The van der Waals surface area contributed by atoms with E-state index in [4.69, 9.17) is 12.8 Å². The minimum Gasteiger partial charge on any atom is -0.204 e. The third-order valence-corrected chi connectivity index (χ3v) is 4.08. The highest BCUT2D eigenvalue weighted by atomic mass is 19.1. The summed E-state index contributed by atoms with van der Waals surface area (Å²) in [6, 6.07) is 12.3. The van der Waals surface area contributed by atoms with E-state index in [2.05, 4.69) is 35.5 Å². The number of benzene rings is 2. The van der Waals surface area contributed by atoms with E-state index >= 15 is 0 Å². The second kappa shape index (κ2) is 11.1. The van der Waals surface area contributed by atoms with Gasteiger partial charge in [-0.25, -0.2) is 4.39 Å². The van der Waals surface area contributed by atoms with Crippen molar-refractivity contribution in [2.45, 2.75) is 26.7 Å². The number of hydrogen-bond donors (Lipinski definition) is 0. The molecule has 0 radical (unpaired) electrons. The van der Waals surface area contributed by atoms with Crippen LogP contribution in [0.15, 0.2) is 65.8 Å². The smallest absolute Gasteiger partial charge is 0.154 e. The van der Waals surface area contributed by atoms with E-state index in [1.54, 1.807) is 30.3 Å². The molecule has 0 nitrogen and oxygen atoms in total. The van der Waals surface area contributed by atoms with Gasteiger partial charge in [-0.05, 0) is 61.4 Å². The van der Waals surface area contributed by atoms with Gasteiger partial charge in [-0.2, -0.15) is 0 Å². The van der Waals surface area contributed by atoms with Gasteiger partial charge in [-0.3, -0.25) is 0 Å². The van der Waals surface area contributed by atoms with Crippen LogP contribution in [0.1, 0.15) is 48.9 Å². The lowest BCUT2D eigenvalue weighted by Gasteiger charge is -2.05. The molecule has 1 heteroatoms. The first-order chi connectivity index (χ1) is 14.2. The summed E-state index contributed by atoms with van der Waals surface area (Å²) < 4.78 is 14.7. The average molecular weight is 376 g/mol. The Labute approximate surface area is 173 Å². The van der Waals surface area contributed by atoms with Crippen LogP contribution in [-0.4, -0.2) is 0 Å². The van der Waals surface area contributed by atoms with Crippen molar-refractivity contribution in [1.29, 1.82) is 0 Å². The Bertz CT molecular complexity index is 1140. The Kier molecular flexibility index (Phi) is 8.15. The van der Waals surface area contributed by atoms with Crippen LogP contribution >= 0.6 is 0 Å². The summed E-state index contributed by atoms with van der Waals surface area (Å²) in [6.45, 7) is 4.00. The number of halogens is 1. The lowest BCUT2D eigenvalue weighted by Crippen LogP contribution is -1.92. The van der Waals surface area contributed by atoms with Crippen LogP contribution in [-0.2, 0) is 0 Å². The molecular formula is C28H21F. The molecule has 2 aromatic carbocycles. The highest BCUT2D eigenvalue weighted by molar-refractivity contribution is 5.51. The third kappa shape index (κ3) is 6.05. The van der Waals surface area contributed by atoms with Gasteiger partial charge in [0.25, 0.3) is 0 Å². The number of hydrogen-bond acceptors (Lipinski definition) is 0. The first kappa shape index (κ1) is 21.4. The fourth-order valence-electron chi connectivity index (χ4n) is 2.52. The predicted octanol–water partition coefficient (Wildman–Crippen LogP) is 5.86. The fraction of sp³-hybridized carbons (Fsp3) is 0.143. The van der Waals surface area contributed by atoms with Crippen molar-refractivity contribution >= 4 is 0 Å². The Balaban J connectivity index is 0.00000145. The molecule has 0 bridgehead atoms. The van der Waals surface area contributed by atoms with Crippen LogP contribution in [0, 0.1) is 54.2 Å². The van der Waals surface area contributed by atoms with E-state index in [9.17, 15) is 4.39 Å². The minimum absolute atomic E-state index is 0.315. The molecule has 0 saturated carbocycles. The summed E-state index contributed by atoms with van der Waals surface area (Å²) in [5.41, 5.74) is 4.10. The van der Waals surface area contributed by atoms with Gasteiger partial charge < -0.3 is 0 Å². The molecule has 29 heavy (non-hydrogen) atoms. The molecular weight excluding hydrogens is 355 g/mol. The Morgan fingerprint density at radius 1 is 0.690 bits per heavy atom. The van der Waals surface area contributed by atoms with E-state index in [-0.39, 0.29) is 0 Å². The molecule has 0 fully saturated rings. The molecule has 0 atom stereocenters. The summed E-state index contributed by atoms with van der Waals surface area (Å²) in [5, 5.41) is 0. The van der Waals surface area contributed by atoms with E-state index in [1.165, 1.54) is 0 Å². The van der Waals surface area contributed by atoms with Gasteiger partial charge in [0, 0.05) is 22.3 Å². The van der Waals surface area contributed by atoms with Crippen LogP contribution in [0.25, 0.3) is 0 Å². The standard InChI is InChI=1S/C26H15F.C2H6/c1-3-20-8-12-22(13-9-20)16-18-24-6-5-7-25(26(24)27)19-17-23-14-10-21(4-2)11-15-23;1-2/h1-2,5-10,12-14H,11,15H2;1-2H3. The van der Waals surface area contributed by atoms with Gasteiger partial charge in [-0.15, -0.1) is 12.8 Å². The minimum atomic E-state index is -0.408. The van der Waals surface area contributed by atoms with E-state index in [0.717, 1.165) is 35.1 Å². The number of allylic oxidation sites excluding steroid dienone is 4. The molecule has 2 aromatic rings. The lowest BCUT2D eigenvalue weighted by molar-refractivity contribution is 0.621. The van der Waals surface area contributed by atoms with Crippen molar-refractivity contribution in [1.82, 2.24) is 0 Å². The molecule has 0 heterocycles. The molecule has 0 amide bonds. The van der Waals surface area contributed by atoms with Crippen molar-refractivity contribution < 1.29 is 4.39 Å². The first-order valence-corrected chi connectivity index (χ1v) is 9.45. The van der Waals surface area contributed by atoms with Crippen molar-refractivity contribution in [3.63, 3.8) is 0 Å². The van der Waals surface area contributed by atoms with Gasteiger partial charge >= 0.3 is 0 Å². The highest BCUT2D eigenvalue weighted by Gasteiger charge is 2.05. The highest BCUT2D eigenvalue weighted by Crippen LogP contribution is 2.17. The van der Waals surface area contributed by atoms with Crippen molar-refractivity contribution in [3.05, 3.63) is 93.8 Å². The maximum absolute atomic E-state index is 14.7. The topological polar surface area (TPSA) is 0 Å². The maximum atomic E-state index is 14.7. The first-order valence-electron chi connectivity index (χ1n) is 9.45. The van der Waals surface area contributed by atoms with Crippen LogP contribution in [0.4, 0.5) is 4.39 Å². The Morgan fingerprint density at radius 2 is 1.24 bits per heavy atom. The zero-order chi connectivity index (χ0) is 21.1. The second-order valence-electron chi connectivity index (χ2n) is 5.92. The molecule has 0 saturated heterocycles. The van der Waals surface area contributed by atoms with Gasteiger partial charge in [0.15, 0.2) is 5.82 Å². The quantitative estimate of drug-likeness (QED) is 0.505. The fourth-order valence-corrected chi connectivity index (χ4v) is 2.52. The predicted molar refractivity (Wildman–Crippen MR) is 119 cm³/mol. The summed E-state index contributed by atoms with van der Waals surface area (Å²) in [7, 11) is 0. The van der Waals surface area contributed by atoms with Crippen LogP contribution in [0.5, 0.6) is 0 Å². The normalized spacial score (nSPS) is 11.5. The maximum Gasteiger partial charge on any atom is 0.154 e. The molecule has 3 rings (SSSR count). The zero-order valence-corrected chi connectivity index (χ0v) is 16.6. The van der Waals surface area contributed by atoms with Crippen molar-refractivity contribution in [2.75, 3.05) is 0 Å².